The van der Waals surface area contributed by atoms with E-state index in [2.05, 4.69) is 15.9 Å². The number of hydrogen-bond donors (Lipinski definition) is 0. The molecule has 0 aliphatic carbocycles. The van der Waals surface area contributed by atoms with Gasteiger partial charge in [0.15, 0.2) is 0 Å². The molecule has 0 aliphatic heterocycles. The molecule has 0 spiro atoms. The largest absolute Gasteiger partial charge is 0.416 e. The van der Waals surface area contributed by atoms with Crippen LogP contribution in [-0.2, 0) is 21.5 Å². The highest BCUT2D eigenvalue weighted by molar-refractivity contribution is 9.08. The van der Waals surface area contributed by atoms with Gasteiger partial charge in [0.2, 0.25) is 0 Å². The van der Waals surface area contributed by atoms with E-state index in [1.165, 1.54) is 24.3 Å². The summed E-state index contributed by atoms with van der Waals surface area (Å²) in [6.07, 6.45) is -4.49. The molecule has 0 amide bonds. The summed E-state index contributed by atoms with van der Waals surface area (Å²) in [5.41, 5.74) is 0.761. The van der Waals surface area contributed by atoms with E-state index in [-0.39, 0.29) is 27.0 Å². The predicted octanol–water partition coefficient (Wildman–Crippen LogP) is 5.92. The minimum Gasteiger partial charge on any atom is -0.237 e. The first-order chi connectivity index (χ1) is 12.6. The number of hydrogen-bond acceptors (Lipinski definition) is 2. The number of nitrogens with zero attached hydrogens (tertiary/aromatic N) is 1. The summed E-state index contributed by atoms with van der Waals surface area (Å²) < 4.78 is 66.4. The van der Waals surface area contributed by atoms with Crippen LogP contribution in [0.15, 0.2) is 53.4 Å². The normalized spacial score (nSPS) is 12.9. The Morgan fingerprint density at radius 2 is 1.67 bits per heavy atom. The zero-order valence-electron chi connectivity index (χ0n) is 14.6. The van der Waals surface area contributed by atoms with Gasteiger partial charge in [-0.05, 0) is 47.9 Å². The van der Waals surface area contributed by atoms with Gasteiger partial charge in [-0.25, -0.2) is 12.4 Å². The molecule has 3 rings (SSSR count). The lowest BCUT2D eigenvalue weighted by Gasteiger charge is -2.13. The van der Waals surface area contributed by atoms with Crippen molar-refractivity contribution >= 4 is 36.9 Å². The zero-order chi connectivity index (χ0) is 20.0. The lowest BCUT2D eigenvalue weighted by Crippen LogP contribution is -2.15. The van der Waals surface area contributed by atoms with Gasteiger partial charge in [0, 0.05) is 16.4 Å². The number of rotatable bonds is 4. The summed E-state index contributed by atoms with van der Waals surface area (Å²) in [5.74, 6) is 0.257. The summed E-state index contributed by atoms with van der Waals surface area (Å²) in [7, 11) is -3.95. The Hall–Kier alpha value is -1.80. The molecule has 0 saturated heterocycles. The lowest BCUT2D eigenvalue weighted by atomic mass is 10.0. The predicted molar refractivity (Wildman–Crippen MR) is 103 cm³/mol. The van der Waals surface area contributed by atoms with Gasteiger partial charge in [-0.3, -0.25) is 0 Å². The highest BCUT2D eigenvalue weighted by Crippen LogP contribution is 2.34. The fraction of sp³-hybridized carbons (Fsp3) is 0.263. The summed E-state index contributed by atoms with van der Waals surface area (Å²) in [5, 5.41) is 0.411. The maximum atomic E-state index is 13.2. The average Bonchev–Trinajstić information content (AvgIpc) is 2.99. The topological polar surface area (TPSA) is 39.1 Å². The number of benzene rings is 2. The standard InChI is InChI=1S/C19H17BrF3NO2S/c1-12(2)13-3-6-17(7-4-13)27(25,26)24-16(11-20)10-14-9-15(19(21,22)23)5-8-18(14)24/h3-10,12H,11H2,1-2H3. The van der Waals surface area contributed by atoms with Crippen LogP contribution in [0.2, 0.25) is 0 Å². The van der Waals surface area contributed by atoms with Crippen molar-refractivity contribution in [3.8, 4) is 0 Å². The second kappa shape index (κ2) is 6.98. The van der Waals surface area contributed by atoms with Crippen molar-refractivity contribution in [2.75, 3.05) is 0 Å². The van der Waals surface area contributed by atoms with E-state index < -0.39 is 21.8 Å². The van der Waals surface area contributed by atoms with Crippen LogP contribution in [0, 0.1) is 0 Å². The van der Waals surface area contributed by atoms with Crippen LogP contribution in [0.4, 0.5) is 13.2 Å². The Balaban J connectivity index is 2.19. The highest BCUT2D eigenvalue weighted by atomic mass is 79.9. The molecule has 0 radical (unpaired) electrons. The number of aromatic nitrogens is 1. The summed E-state index contributed by atoms with van der Waals surface area (Å²) >= 11 is 3.23. The molecule has 2 aromatic carbocycles. The van der Waals surface area contributed by atoms with Crippen LogP contribution in [0.25, 0.3) is 10.9 Å². The molecule has 1 aromatic heterocycles. The first kappa shape index (κ1) is 19.9. The van der Waals surface area contributed by atoms with Crippen molar-refractivity contribution in [2.45, 2.75) is 36.2 Å². The van der Waals surface area contributed by atoms with Crippen molar-refractivity contribution in [1.82, 2.24) is 3.97 Å². The highest BCUT2D eigenvalue weighted by Gasteiger charge is 2.31. The SMILES string of the molecule is CC(C)c1ccc(S(=O)(=O)n2c(CBr)cc3cc(C(F)(F)F)ccc32)cc1. The minimum absolute atomic E-state index is 0.0893. The zero-order valence-corrected chi connectivity index (χ0v) is 17.0. The number of fused-ring (bicyclic) bond motifs is 1. The molecule has 0 fully saturated rings. The molecule has 0 unspecified atom stereocenters. The first-order valence-electron chi connectivity index (χ1n) is 8.19. The molecule has 0 aliphatic rings. The Morgan fingerprint density at radius 1 is 1.04 bits per heavy atom. The Bertz CT molecular complexity index is 1080. The van der Waals surface area contributed by atoms with E-state index in [9.17, 15) is 21.6 Å². The lowest BCUT2D eigenvalue weighted by molar-refractivity contribution is -0.137. The van der Waals surface area contributed by atoms with Crippen molar-refractivity contribution < 1.29 is 21.6 Å². The number of alkyl halides is 4. The maximum Gasteiger partial charge on any atom is 0.416 e. The van der Waals surface area contributed by atoms with E-state index in [0.717, 1.165) is 21.7 Å². The third-order valence-corrected chi connectivity index (χ3v) is 6.73. The van der Waals surface area contributed by atoms with E-state index in [4.69, 9.17) is 0 Å². The third-order valence-electron chi connectivity index (χ3n) is 4.38. The van der Waals surface area contributed by atoms with Gasteiger partial charge in [0.05, 0.1) is 16.0 Å². The quantitative estimate of drug-likeness (QED) is 0.454. The second-order valence-electron chi connectivity index (χ2n) is 6.53. The fourth-order valence-electron chi connectivity index (χ4n) is 2.93. The van der Waals surface area contributed by atoms with Gasteiger partial charge < -0.3 is 0 Å². The van der Waals surface area contributed by atoms with Crippen molar-refractivity contribution in [3.05, 3.63) is 65.4 Å². The summed E-state index contributed by atoms with van der Waals surface area (Å²) in [4.78, 5) is 0.0893. The van der Waals surface area contributed by atoms with Crippen LogP contribution in [0.3, 0.4) is 0 Å². The minimum atomic E-state index is -4.49. The first-order valence-corrected chi connectivity index (χ1v) is 10.7. The summed E-state index contributed by atoms with van der Waals surface area (Å²) in [6.45, 7) is 4.01. The molecule has 0 atom stereocenters. The van der Waals surface area contributed by atoms with Gasteiger partial charge in [0.1, 0.15) is 0 Å². The molecule has 0 N–H and O–H groups in total. The van der Waals surface area contributed by atoms with Crippen LogP contribution in [0.5, 0.6) is 0 Å². The van der Waals surface area contributed by atoms with Gasteiger partial charge in [-0.15, -0.1) is 0 Å². The van der Waals surface area contributed by atoms with Gasteiger partial charge in [-0.2, -0.15) is 13.2 Å². The molecule has 27 heavy (non-hydrogen) atoms. The van der Waals surface area contributed by atoms with E-state index in [0.29, 0.717) is 5.69 Å². The molecular formula is C19H17BrF3NO2S. The Morgan fingerprint density at radius 3 is 2.19 bits per heavy atom. The van der Waals surface area contributed by atoms with Gasteiger partial charge >= 0.3 is 6.18 Å². The number of halogens is 4. The average molecular weight is 460 g/mol. The van der Waals surface area contributed by atoms with Gasteiger partial charge in [-0.1, -0.05) is 41.9 Å². The van der Waals surface area contributed by atoms with Crippen LogP contribution >= 0.6 is 15.9 Å². The Kier molecular flexibility index (Phi) is 5.16. The molecular weight excluding hydrogens is 443 g/mol. The molecule has 3 nitrogen and oxygen atoms in total. The third kappa shape index (κ3) is 3.65. The maximum absolute atomic E-state index is 13.2. The molecule has 3 aromatic rings. The summed E-state index contributed by atoms with van der Waals surface area (Å²) in [6, 6.07) is 11.1. The Labute approximate surface area is 164 Å². The monoisotopic (exact) mass is 459 g/mol. The van der Waals surface area contributed by atoms with Crippen molar-refractivity contribution in [2.24, 2.45) is 0 Å². The van der Waals surface area contributed by atoms with E-state index in [1.807, 2.05) is 13.8 Å². The van der Waals surface area contributed by atoms with Crippen molar-refractivity contribution in [1.29, 1.82) is 0 Å². The van der Waals surface area contributed by atoms with Crippen LogP contribution in [0.1, 0.15) is 36.6 Å². The molecule has 0 bridgehead atoms. The molecule has 1 heterocycles. The van der Waals surface area contributed by atoms with Crippen LogP contribution < -0.4 is 0 Å². The second-order valence-corrected chi connectivity index (χ2v) is 8.88. The molecule has 144 valence electrons. The van der Waals surface area contributed by atoms with Gasteiger partial charge in [0.25, 0.3) is 10.0 Å². The molecule has 8 heteroatoms. The fourth-order valence-corrected chi connectivity index (χ4v) is 5.05. The van der Waals surface area contributed by atoms with E-state index >= 15 is 0 Å². The smallest absolute Gasteiger partial charge is 0.237 e. The van der Waals surface area contributed by atoms with Crippen LogP contribution in [-0.4, -0.2) is 12.4 Å². The van der Waals surface area contributed by atoms with Crippen molar-refractivity contribution in [3.63, 3.8) is 0 Å². The van der Waals surface area contributed by atoms with E-state index in [1.54, 1.807) is 12.1 Å². The molecule has 0 saturated carbocycles.